The molecule has 44 heavy (non-hydrogen) atoms. The highest BCUT2D eigenvalue weighted by molar-refractivity contribution is 6.08. The Bertz CT molecular complexity index is 1700. The molecule has 5 atom stereocenters. The van der Waals surface area contributed by atoms with Gasteiger partial charge < -0.3 is 5.11 Å². The van der Waals surface area contributed by atoms with Crippen molar-refractivity contribution in [3.05, 3.63) is 106 Å². The fraction of sp³-hybridized carbons (Fsp3) is 0.324. The minimum absolute atomic E-state index is 0.0298. The van der Waals surface area contributed by atoms with Gasteiger partial charge in [0.05, 0.1) is 11.8 Å². The maximum absolute atomic E-state index is 14.1. The zero-order valence-electron chi connectivity index (χ0n) is 24.5. The molecule has 0 spiro atoms. The molecule has 9 nitrogen and oxygen atoms in total. The molecular formula is C34H33FN6O3. The van der Waals surface area contributed by atoms with Gasteiger partial charge in [0.25, 0.3) is 11.8 Å². The van der Waals surface area contributed by atoms with Gasteiger partial charge in [-0.1, -0.05) is 70.9 Å². The Hall–Kier alpha value is -4.70. The molecule has 3 aromatic carbocycles. The summed E-state index contributed by atoms with van der Waals surface area (Å²) in [5.74, 6) is -1.30. The van der Waals surface area contributed by atoms with Crippen LogP contribution in [0.25, 0.3) is 6.08 Å². The molecule has 1 aliphatic carbocycles. The number of benzene rings is 3. The fourth-order valence-corrected chi connectivity index (χ4v) is 6.77. The molecule has 7 rings (SSSR count). The highest BCUT2D eigenvalue weighted by Gasteiger charge is 2.55. The number of fused-ring (bicyclic) bond motifs is 2. The van der Waals surface area contributed by atoms with Gasteiger partial charge in [0.2, 0.25) is 0 Å². The van der Waals surface area contributed by atoms with Crippen LogP contribution in [0.15, 0.2) is 93.8 Å². The number of amides is 2. The SMILES string of the molecule is Cc1ccc(/C=C2\CCC[C@@H]3C2=NN(C(=O)CN2N=N[C@@H]4C(=O)N(c5cccc(F)c5)C(O)[C@H]42)[C@@H]3c2ccc(C)cc2)cc1. The molecule has 0 bridgehead atoms. The summed E-state index contributed by atoms with van der Waals surface area (Å²) < 4.78 is 13.9. The first-order chi connectivity index (χ1) is 21.3. The summed E-state index contributed by atoms with van der Waals surface area (Å²) >= 11 is 0. The van der Waals surface area contributed by atoms with E-state index in [4.69, 9.17) is 5.10 Å². The van der Waals surface area contributed by atoms with E-state index in [9.17, 15) is 19.1 Å². The maximum Gasteiger partial charge on any atom is 0.264 e. The third kappa shape index (κ3) is 4.89. The number of carbonyl (C=O) groups excluding carboxylic acids is 2. The third-order valence-electron chi connectivity index (χ3n) is 9.00. The van der Waals surface area contributed by atoms with E-state index in [-0.39, 0.29) is 30.1 Å². The lowest BCUT2D eigenvalue weighted by atomic mass is 9.77. The van der Waals surface area contributed by atoms with Gasteiger partial charge in [-0.15, -0.1) is 0 Å². The van der Waals surface area contributed by atoms with Crippen LogP contribution in [-0.4, -0.2) is 57.5 Å². The second kappa shape index (κ2) is 11.1. The van der Waals surface area contributed by atoms with Crippen LogP contribution >= 0.6 is 0 Å². The van der Waals surface area contributed by atoms with E-state index >= 15 is 0 Å². The van der Waals surface area contributed by atoms with E-state index in [0.717, 1.165) is 52.1 Å². The van der Waals surface area contributed by atoms with Gasteiger partial charge in [0, 0.05) is 11.6 Å². The Kier molecular flexibility index (Phi) is 7.08. The molecule has 2 fully saturated rings. The lowest BCUT2D eigenvalue weighted by Gasteiger charge is -2.31. The first kappa shape index (κ1) is 28.1. The Morgan fingerprint density at radius 3 is 2.50 bits per heavy atom. The van der Waals surface area contributed by atoms with E-state index < -0.39 is 30.0 Å². The predicted molar refractivity (Wildman–Crippen MR) is 164 cm³/mol. The number of aliphatic hydroxyl groups excluding tert-OH is 1. The molecule has 10 heteroatoms. The van der Waals surface area contributed by atoms with Crippen molar-refractivity contribution in [1.29, 1.82) is 0 Å². The largest absolute Gasteiger partial charge is 0.371 e. The lowest BCUT2D eigenvalue weighted by Crippen LogP contribution is -2.47. The molecule has 0 radical (unpaired) electrons. The second-order valence-electron chi connectivity index (χ2n) is 12.0. The van der Waals surface area contributed by atoms with Gasteiger partial charge in [-0.3, -0.25) is 19.5 Å². The highest BCUT2D eigenvalue weighted by atomic mass is 19.1. The first-order valence-electron chi connectivity index (χ1n) is 15.0. The van der Waals surface area contributed by atoms with Gasteiger partial charge in [-0.05, 0) is 74.1 Å². The van der Waals surface area contributed by atoms with Crippen molar-refractivity contribution in [3.8, 4) is 0 Å². The topological polar surface area (TPSA) is 101 Å². The standard InChI is InChI=1S/C34H33FN6O3/c1-20-9-13-22(14-10-20)17-24-5-3-8-27-29(24)37-41(31(27)23-15-11-21(2)12-16-23)28(42)19-39-32-30(36-38-39)33(43)40(34(32)44)26-7-4-6-25(35)18-26/h4,6-7,9-18,27,30-32,34,44H,3,5,8,19H2,1-2H3/b24-17+/t27-,30+,31-,32+,34?/m1/s1. The van der Waals surface area contributed by atoms with Crippen LogP contribution in [0.1, 0.15) is 47.6 Å². The number of hydrogen-bond acceptors (Lipinski definition) is 7. The van der Waals surface area contributed by atoms with E-state index in [2.05, 4.69) is 59.7 Å². The van der Waals surface area contributed by atoms with Crippen molar-refractivity contribution in [2.24, 2.45) is 21.4 Å². The van der Waals surface area contributed by atoms with Crippen LogP contribution in [0, 0.1) is 25.6 Å². The Labute approximate surface area is 255 Å². The van der Waals surface area contributed by atoms with E-state index in [1.165, 1.54) is 28.8 Å². The molecule has 3 aromatic rings. The Morgan fingerprint density at radius 2 is 1.77 bits per heavy atom. The normalized spacial score (nSPS) is 26.8. The van der Waals surface area contributed by atoms with Crippen LogP contribution in [0.2, 0.25) is 0 Å². The van der Waals surface area contributed by atoms with Crippen molar-refractivity contribution in [2.45, 2.75) is 57.5 Å². The molecular weight excluding hydrogens is 559 g/mol. The van der Waals surface area contributed by atoms with Crippen molar-refractivity contribution < 1.29 is 19.1 Å². The van der Waals surface area contributed by atoms with Crippen LogP contribution in [0.4, 0.5) is 10.1 Å². The van der Waals surface area contributed by atoms with Crippen LogP contribution < -0.4 is 4.90 Å². The summed E-state index contributed by atoms with van der Waals surface area (Å²) in [6.45, 7) is 3.86. The summed E-state index contributed by atoms with van der Waals surface area (Å²) in [4.78, 5) is 28.4. The number of hydrazone groups is 1. The number of aryl methyl sites for hydroxylation is 2. The summed E-state index contributed by atoms with van der Waals surface area (Å²) in [5.41, 5.74) is 6.68. The van der Waals surface area contributed by atoms with Crippen LogP contribution in [-0.2, 0) is 9.59 Å². The van der Waals surface area contributed by atoms with Gasteiger partial charge in [0.1, 0.15) is 18.4 Å². The molecule has 1 saturated carbocycles. The number of aliphatic hydroxyl groups is 1. The van der Waals surface area contributed by atoms with Crippen molar-refractivity contribution >= 4 is 29.3 Å². The maximum atomic E-state index is 14.1. The molecule has 4 aliphatic rings. The average Bonchev–Trinajstić information content (AvgIpc) is 3.68. The predicted octanol–water partition coefficient (Wildman–Crippen LogP) is 5.35. The average molecular weight is 593 g/mol. The minimum atomic E-state index is -1.36. The number of allylic oxidation sites excluding steroid dienone is 1. The number of rotatable bonds is 5. The third-order valence-corrected chi connectivity index (χ3v) is 9.00. The van der Waals surface area contributed by atoms with Gasteiger partial charge in [-0.2, -0.15) is 10.2 Å². The van der Waals surface area contributed by atoms with Crippen molar-refractivity contribution in [3.63, 3.8) is 0 Å². The second-order valence-corrected chi connectivity index (χ2v) is 12.0. The smallest absolute Gasteiger partial charge is 0.264 e. The van der Waals surface area contributed by atoms with Gasteiger partial charge >= 0.3 is 0 Å². The summed E-state index contributed by atoms with van der Waals surface area (Å²) in [5, 5.41) is 27.3. The highest BCUT2D eigenvalue weighted by Crippen LogP contribution is 2.45. The zero-order chi connectivity index (χ0) is 30.5. The molecule has 224 valence electrons. The molecule has 1 saturated heterocycles. The quantitative estimate of drug-likeness (QED) is 0.432. The Morgan fingerprint density at radius 1 is 1.05 bits per heavy atom. The molecule has 3 heterocycles. The van der Waals surface area contributed by atoms with E-state index in [0.29, 0.717) is 0 Å². The molecule has 1 N–H and O–H groups in total. The number of nitrogens with zero attached hydrogens (tertiary/aromatic N) is 6. The summed E-state index contributed by atoms with van der Waals surface area (Å²) in [7, 11) is 0. The zero-order valence-corrected chi connectivity index (χ0v) is 24.5. The molecule has 0 aromatic heterocycles. The van der Waals surface area contributed by atoms with Crippen molar-refractivity contribution in [1.82, 2.24) is 10.0 Å². The monoisotopic (exact) mass is 592 g/mol. The first-order valence-corrected chi connectivity index (χ1v) is 15.0. The van der Waals surface area contributed by atoms with E-state index in [1.807, 2.05) is 19.1 Å². The molecule has 2 amide bonds. The number of halogens is 1. The Balaban J connectivity index is 1.18. The lowest BCUT2D eigenvalue weighted by molar-refractivity contribution is -0.135. The summed E-state index contributed by atoms with van der Waals surface area (Å²) in [6.07, 6.45) is 3.57. The van der Waals surface area contributed by atoms with Gasteiger partial charge in [-0.25, -0.2) is 9.40 Å². The van der Waals surface area contributed by atoms with Gasteiger partial charge in [0.15, 0.2) is 12.3 Å². The molecule has 1 unspecified atom stereocenters. The van der Waals surface area contributed by atoms with Crippen molar-refractivity contribution in [2.75, 3.05) is 11.4 Å². The number of carbonyl (C=O) groups is 2. The number of hydrogen-bond donors (Lipinski definition) is 1. The van der Waals surface area contributed by atoms with E-state index in [1.54, 1.807) is 11.1 Å². The number of anilines is 1. The minimum Gasteiger partial charge on any atom is -0.371 e. The van der Waals surface area contributed by atoms with Crippen LogP contribution in [0.5, 0.6) is 0 Å². The van der Waals surface area contributed by atoms with Crippen LogP contribution in [0.3, 0.4) is 0 Å². The molecule has 3 aliphatic heterocycles. The fourth-order valence-electron chi connectivity index (χ4n) is 6.77. The summed E-state index contributed by atoms with van der Waals surface area (Å²) in [6, 6.07) is 19.9.